The second kappa shape index (κ2) is 18.7. The first kappa shape index (κ1) is 28.2. The number of carboxylic acid groups (broad SMARTS) is 1. The summed E-state index contributed by atoms with van der Waals surface area (Å²) in [6, 6.07) is 10.1. The van der Waals surface area contributed by atoms with E-state index in [9.17, 15) is 9.59 Å². The van der Waals surface area contributed by atoms with Crippen molar-refractivity contribution in [2.45, 2.75) is 123 Å². The molecule has 0 aliphatic carbocycles. The quantitative estimate of drug-likeness (QED) is 0.171. The first-order valence-corrected chi connectivity index (χ1v) is 12.6. The third-order valence-electron chi connectivity index (χ3n) is 5.76. The van der Waals surface area contributed by atoms with Gasteiger partial charge in [-0.1, -0.05) is 95.0 Å². The van der Waals surface area contributed by atoms with E-state index in [1.807, 2.05) is 18.2 Å². The van der Waals surface area contributed by atoms with Crippen LogP contribution in [0.2, 0.25) is 0 Å². The minimum atomic E-state index is -0.698. The second-order valence-corrected chi connectivity index (χ2v) is 8.74. The molecule has 2 unspecified atom stereocenters. The average Bonchev–Trinajstić information content (AvgIpc) is 2.77. The largest absolute Gasteiger partial charge is 0.481 e. The van der Waals surface area contributed by atoms with Gasteiger partial charge in [0, 0.05) is 13.3 Å². The number of carbonyl (C=O) groups is 2. The zero-order valence-electron chi connectivity index (χ0n) is 20.2. The molecule has 0 aliphatic heterocycles. The Morgan fingerprint density at radius 2 is 1.38 bits per heavy atom. The fraction of sp³-hybridized carbons (Fsp3) is 0.704. The monoisotopic (exact) mass is 448 g/mol. The van der Waals surface area contributed by atoms with Crippen LogP contribution >= 0.6 is 0 Å². The molecule has 182 valence electrons. The molecule has 1 aromatic rings. The molecule has 0 radical (unpaired) electrons. The van der Waals surface area contributed by atoms with Crippen molar-refractivity contribution in [3.8, 4) is 0 Å². The fourth-order valence-electron chi connectivity index (χ4n) is 3.97. The van der Waals surface area contributed by atoms with E-state index in [0.717, 1.165) is 69.8 Å². The summed E-state index contributed by atoms with van der Waals surface area (Å²) in [5.41, 5.74) is 1.13. The molecular formula is C27H44O5. The van der Waals surface area contributed by atoms with Gasteiger partial charge in [0.1, 0.15) is 6.10 Å². The summed E-state index contributed by atoms with van der Waals surface area (Å²) in [7, 11) is 0. The lowest BCUT2D eigenvalue weighted by Crippen LogP contribution is -2.33. The molecule has 2 atom stereocenters. The molecule has 1 N–H and O–H groups in total. The number of esters is 1. The lowest BCUT2D eigenvalue weighted by molar-refractivity contribution is -0.157. The molecule has 1 rings (SSSR count). The Hall–Kier alpha value is -1.88. The molecule has 0 heterocycles. The number of unbranched alkanes of at least 4 members (excludes halogenated alkanes) is 9. The SMILES string of the molecule is CCCCCC(OC(C)=O)C(CCCCCCCCCCC(=O)O)OCc1ccccc1. The van der Waals surface area contributed by atoms with Gasteiger partial charge < -0.3 is 14.6 Å². The summed E-state index contributed by atoms with van der Waals surface area (Å²) in [6.45, 7) is 4.20. The van der Waals surface area contributed by atoms with Crippen LogP contribution in [0.15, 0.2) is 30.3 Å². The van der Waals surface area contributed by atoms with Crippen molar-refractivity contribution in [1.82, 2.24) is 0 Å². The fourth-order valence-corrected chi connectivity index (χ4v) is 3.97. The van der Waals surface area contributed by atoms with E-state index in [1.165, 1.54) is 26.2 Å². The summed E-state index contributed by atoms with van der Waals surface area (Å²) in [4.78, 5) is 22.2. The number of aliphatic carboxylic acids is 1. The van der Waals surface area contributed by atoms with Crippen molar-refractivity contribution in [3.05, 3.63) is 35.9 Å². The van der Waals surface area contributed by atoms with Crippen LogP contribution < -0.4 is 0 Å². The molecule has 0 saturated heterocycles. The van der Waals surface area contributed by atoms with E-state index in [4.69, 9.17) is 14.6 Å². The van der Waals surface area contributed by atoms with Crippen LogP contribution in [0.4, 0.5) is 0 Å². The highest BCUT2D eigenvalue weighted by molar-refractivity contribution is 5.66. The third kappa shape index (κ3) is 15.0. The van der Waals surface area contributed by atoms with Crippen molar-refractivity contribution in [2.24, 2.45) is 0 Å². The van der Waals surface area contributed by atoms with E-state index in [0.29, 0.717) is 6.61 Å². The maximum Gasteiger partial charge on any atom is 0.303 e. The minimum Gasteiger partial charge on any atom is -0.481 e. The Kier molecular flexibility index (Phi) is 16.4. The van der Waals surface area contributed by atoms with Crippen LogP contribution in [0.1, 0.15) is 109 Å². The van der Waals surface area contributed by atoms with E-state index in [1.54, 1.807) is 0 Å². The Morgan fingerprint density at radius 3 is 1.97 bits per heavy atom. The highest BCUT2D eigenvalue weighted by Crippen LogP contribution is 2.21. The number of benzene rings is 1. The molecule has 0 saturated carbocycles. The van der Waals surface area contributed by atoms with Crippen LogP contribution in [0.25, 0.3) is 0 Å². The molecule has 0 amide bonds. The topological polar surface area (TPSA) is 72.8 Å². The van der Waals surface area contributed by atoms with Crippen molar-refractivity contribution >= 4 is 11.9 Å². The van der Waals surface area contributed by atoms with Gasteiger partial charge >= 0.3 is 11.9 Å². The summed E-state index contributed by atoms with van der Waals surface area (Å²) in [5, 5.41) is 8.67. The minimum absolute atomic E-state index is 0.0769. The Bertz CT molecular complexity index is 601. The number of carboxylic acids is 1. The number of carbonyl (C=O) groups excluding carboxylic acids is 1. The number of hydrogen-bond donors (Lipinski definition) is 1. The zero-order valence-corrected chi connectivity index (χ0v) is 20.2. The molecule has 0 fully saturated rings. The second-order valence-electron chi connectivity index (χ2n) is 8.74. The van der Waals surface area contributed by atoms with Crippen LogP contribution in [0.3, 0.4) is 0 Å². The Balaban J connectivity index is 2.43. The van der Waals surface area contributed by atoms with Crippen molar-refractivity contribution < 1.29 is 24.2 Å². The maximum atomic E-state index is 11.7. The number of ether oxygens (including phenoxy) is 2. The molecular weight excluding hydrogens is 404 g/mol. The molecule has 0 aromatic heterocycles. The van der Waals surface area contributed by atoms with Crippen LogP contribution in [-0.2, 0) is 25.7 Å². The van der Waals surface area contributed by atoms with Crippen molar-refractivity contribution in [1.29, 1.82) is 0 Å². The lowest BCUT2D eigenvalue weighted by atomic mass is 9.99. The van der Waals surface area contributed by atoms with Gasteiger partial charge in [0.15, 0.2) is 0 Å². The smallest absolute Gasteiger partial charge is 0.303 e. The highest BCUT2D eigenvalue weighted by atomic mass is 16.6. The highest BCUT2D eigenvalue weighted by Gasteiger charge is 2.24. The standard InChI is InChI=1S/C27H44O5/c1-3-4-12-20-26(32-23(2)28)25(31-22-24-17-13-11-14-18-24)19-15-9-7-5-6-8-10-16-21-27(29)30/h11,13-14,17-18,25-26H,3-10,12,15-16,19-22H2,1-2H3,(H,29,30). The van der Waals surface area contributed by atoms with E-state index in [-0.39, 0.29) is 24.6 Å². The molecule has 5 nitrogen and oxygen atoms in total. The summed E-state index contributed by atoms with van der Waals surface area (Å²) < 4.78 is 12.0. The van der Waals surface area contributed by atoms with Crippen LogP contribution in [0.5, 0.6) is 0 Å². The summed E-state index contributed by atoms with van der Waals surface area (Å²) in [5.74, 6) is -0.932. The van der Waals surface area contributed by atoms with Gasteiger partial charge in [-0.25, -0.2) is 0 Å². The first-order chi connectivity index (χ1) is 15.5. The van der Waals surface area contributed by atoms with Gasteiger partial charge in [-0.05, 0) is 31.2 Å². The molecule has 5 heteroatoms. The van der Waals surface area contributed by atoms with E-state index < -0.39 is 5.97 Å². The van der Waals surface area contributed by atoms with Gasteiger partial charge in [-0.2, -0.15) is 0 Å². The Morgan fingerprint density at radius 1 is 0.812 bits per heavy atom. The molecule has 1 aromatic carbocycles. The predicted molar refractivity (Wildman–Crippen MR) is 129 cm³/mol. The van der Waals surface area contributed by atoms with Gasteiger partial charge in [0.05, 0.1) is 12.7 Å². The van der Waals surface area contributed by atoms with Crippen molar-refractivity contribution in [3.63, 3.8) is 0 Å². The number of hydrogen-bond acceptors (Lipinski definition) is 4. The summed E-state index contributed by atoms with van der Waals surface area (Å²) in [6.07, 6.45) is 13.7. The maximum absolute atomic E-state index is 11.7. The van der Waals surface area contributed by atoms with Crippen molar-refractivity contribution in [2.75, 3.05) is 0 Å². The molecule has 0 bridgehead atoms. The lowest BCUT2D eigenvalue weighted by Gasteiger charge is -2.27. The van der Waals surface area contributed by atoms with Crippen LogP contribution in [-0.4, -0.2) is 29.3 Å². The zero-order chi connectivity index (χ0) is 23.4. The third-order valence-corrected chi connectivity index (χ3v) is 5.76. The van der Waals surface area contributed by atoms with E-state index >= 15 is 0 Å². The molecule has 0 spiro atoms. The first-order valence-electron chi connectivity index (χ1n) is 12.6. The van der Waals surface area contributed by atoms with Gasteiger partial charge in [0.2, 0.25) is 0 Å². The van der Waals surface area contributed by atoms with Gasteiger partial charge in [-0.15, -0.1) is 0 Å². The van der Waals surface area contributed by atoms with Crippen LogP contribution in [0, 0.1) is 0 Å². The molecule has 0 aliphatic rings. The summed E-state index contributed by atoms with van der Waals surface area (Å²) >= 11 is 0. The molecule has 32 heavy (non-hydrogen) atoms. The predicted octanol–water partition coefficient (Wildman–Crippen LogP) is 7.07. The van der Waals surface area contributed by atoms with E-state index in [2.05, 4.69) is 19.1 Å². The number of rotatable bonds is 20. The van der Waals surface area contributed by atoms with Gasteiger partial charge in [-0.3, -0.25) is 9.59 Å². The average molecular weight is 449 g/mol. The normalized spacial score (nSPS) is 12.9. The van der Waals surface area contributed by atoms with Gasteiger partial charge in [0.25, 0.3) is 0 Å². The Labute approximate surface area is 194 Å².